The molecule has 122 valence electrons. The van der Waals surface area contributed by atoms with Crippen molar-refractivity contribution in [2.24, 2.45) is 0 Å². The topological polar surface area (TPSA) is 62.9 Å². The van der Waals surface area contributed by atoms with Gasteiger partial charge in [-0.1, -0.05) is 44.2 Å². The van der Waals surface area contributed by atoms with Gasteiger partial charge in [0.25, 0.3) is 0 Å². The minimum atomic E-state index is 0.493. The largest absolute Gasteiger partial charge is 0.379 e. The number of hydrogen-bond acceptors (Lipinski definition) is 4. The third-order valence-electron chi connectivity index (χ3n) is 4.10. The molecule has 2 aromatic rings. The Morgan fingerprint density at radius 2 is 1.42 bits per heavy atom. The van der Waals surface area contributed by atoms with Gasteiger partial charge < -0.3 is 5.32 Å². The first-order chi connectivity index (χ1) is 11.7. The van der Waals surface area contributed by atoms with Gasteiger partial charge in [0.2, 0.25) is 0 Å². The Morgan fingerprint density at radius 3 is 1.92 bits per heavy atom. The second-order valence-electron chi connectivity index (χ2n) is 5.58. The van der Waals surface area contributed by atoms with E-state index in [0.717, 1.165) is 25.2 Å². The Morgan fingerprint density at radius 1 is 0.875 bits per heavy atom. The second kappa shape index (κ2) is 8.72. The van der Waals surface area contributed by atoms with Crippen LogP contribution in [0.15, 0.2) is 42.5 Å². The van der Waals surface area contributed by atoms with Crippen molar-refractivity contribution in [2.75, 3.05) is 18.4 Å². The molecule has 0 fully saturated rings. The van der Waals surface area contributed by atoms with Crippen LogP contribution >= 0.6 is 0 Å². The van der Waals surface area contributed by atoms with Gasteiger partial charge in [0.05, 0.1) is 16.8 Å². The van der Waals surface area contributed by atoms with E-state index in [1.807, 2.05) is 0 Å². The number of hydrogen-bond donors (Lipinski definition) is 1. The second-order valence-corrected chi connectivity index (χ2v) is 5.58. The maximum Gasteiger partial charge on any atom is 0.101 e. The van der Waals surface area contributed by atoms with E-state index in [1.165, 1.54) is 5.56 Å². The molecule has 24 heavy (non-hydrogen) atoms. The predicted octanol–water partition coefficient (Wildman–Crippen LogP) is 3.88. The van der Waals surface area contributed by atoms with Crippen molar-refractivity contribution in [1.29, 1.82) is 10.5 Å². The van der Waals surface area contributed by atoms with Gasteiger partial charge in [-0.15, -0.1) is 0 Å². The van der Waals surface area contributed by atoms with Crippen LogP contribution in [-0.2, 0) is 13.1 Å². The van der Waals surface area contributed by atoms with Crippen molar-refractivity contribution in [3.63, 3.8) is 0 Å². The van der Waals surface area contributed by atoms with Crippen LogP contribution in [0.3, 0.4) is 0 Å². The summed E-state index contributed by atoms with van der Waals surface area (Å²) in [7, 11) is 0. The molecule has 2 rings (SSSR count). The smallest absolute Gasteiger partial charge is 0.101 e. The molecule has 2 aromatic carbocycles. The van der Waals surface area contributed by atoms with Gasteiger partial charge in [0.1, 0.15) is 12.1 Å². The number of nitrogens with zero attached hydrogens (tertiary/aromatic N) is 3. The fraction of sp³-hybridized carbons (Fsp3) is 0.300. The number of rotatable bonds is 7. The summed E-state index contributed by atoms with van der Waals surface area (Å²) in [6, 6.07) is 17.9. The van der Waals surface area contributed by atoms with Gasteiger partial charge in [-0.2, -0.15) is 10.5 Å². The number of nitrogens with one attached hydrogen (secondary N) is 1. The van der Waals surface area contributed by atoms with Crippen molar-refractivity contribution < 1.29 is 0 Å². The standard InChI is InChI=1S/C20H22N4/c1-3-24(4-2)15-17-10-8-16(9-11-17)14-23-20-18(12-21)6-5-7-19(20)13-22/h5-11,23H,3-4,14-15H2,1-2H3. The molecule has 0 spiro atoms. The molecule has 0 aliphatic rings. The molecule has 0 atom stereocenters. The highest BCUT2D eigenvalue weighted by Crippen LogP contribution is 2.21. The third-order valence-corrected chi connectivity index (χ3v) is 4.10. The summed E-state index contributed by atoms with van der Waals surface area (Å²) >= 11 is 0. The number of para-hydroxylation sites is 1. The first kappa shape index (κ1) is 17.5. The molecular formula is C20H22N4. The summed E-state index contributed by atoms with van der Waals surface area (Å²) in [5.41, 5.74) is 4.00. The molecule has 0 aliphatic carbocycles. The molecule has 0 saturated carbocycles. The van der Waals surface area contributed by atoms with Crippen LogP contribution in [0.1, 0.15) is 36.1 Å². The fourth-order valence-electron chi connectivity index (χ4n) is 2.59. The summed E-state index contributed by atoms with van der Waals surface area (Å²) in [4.78, 5) is 2.37. The van der Waals surface area contributed by atoms with Crippen LogP contribution in [0.2, 0.25) is 0 Å². The number of anilines is 1. The van der Waals surface area contributed by atoms with Crippen molar-refractivity contribution in [3.05, 3.63) is 64.7 Å². The van der Waals surface area contributed by atoms with Gasteiger partial charge in [-0.05, 0) is 36.3 Å². The van der Waals surface area contributed by atoms with E-state index < -0.39 is 0 Å². The average Bonchev–Trinajstić information content (AvgIpc) is 2.64. The Hall–Kier alpha value is -2.82. The molecule has 0 heterocycles. The summed E-state index contributed by atoms with van der Waals surface area (Å²) < 4.78 is 0. The molecule has 0 aromatic heterocycles. The van der Waals surface area contributed by atoms with Crippen molar-refractivity contribution in [1.82, 2.24) is 4.90 Å². The highest BCUT2D eigenvalue weighted by molar-refractivity contribution is 5.66. The van der Waals surface area contributed by atoms with Gasteiger partial charge >= 0.3 is 0 Å². The van der Waals surface area contributed by atoms with Crippen molar-refractivity contribution in [2.45, 2.75) is 26.9 Å². The van der Waals surface area contributed by atoms with Crippen LogP contribution < -0.4 is 5.32 Å². The minimum absolute atomic E-state index is 0.493. The summed E-state index contributed by atoms with van der Waals surface area (Å²) in [5.74, 6) is 0. The van der Waals surface area contributed by atoms with Crippen LogP contribution in [0, 0.1) is 22.7 Å². The molecule has 1 N–H and O–H groups in total. The van der Waals surface area contributed by atoms with Crippen LogP contribution in [0.25, 0.3) is 0 Å². The van der Waals surface area contributed by atoms with E-state index in [9.17, 15) is 10.5 Å². The van der Waals surface area contributed by atoms with Crippen molar-refractivity contribution in [3.8, 4) is 12.1 Å². The Kier molecular flexibility index (Phi) is 6.37. The first-order valence-corrected chi connectivity index (χ1v) is 8.19. The molecule has 0 saturated heterocycles. The molecular weight excluding hydrogens is 296 g/mol. The molecule has 4 heteroatoms. The lowest BCUT2D eigenvalue weighted by Gasteiger charge is -2.18. The van der Waals surface area contributed by atoms with Gasteiger partial charge in [-0.3, -0.25) is 4.90 Å². The van der Waals surface area contributed by atoms with Crippen LogP contribution in [0.4, 0.5) is 5.69 Å². The zero-order valence-corrected chi connectivity index (χ0v) is 14.2. The molecule has 0 aliphatic heterocycles. The Balaban J connectivity index is 2.06. The molecule has 0 radical (unpaired) electrons. The Labute approximate surface area is 144 Å². The lowest BCUT2D eigenvalue weighted by atomic mass is 10.1. The van der Waals surface area contributed by atoms with E-state index in [0.29, 0.717) is 23.4 Å². The monoisotopic (exact) mass is 318 g/mol. The fourth-order valence-corrected chi connectivity index (χ4v) is 2.59. The van der Waals surface area contributed by atoms with Gasteiger partial charge in [0.15, 0.2) is 0 Å². The first-order valence-electron chi connectivity index (χ1n) is 8.19. The summed E-state index contributed by atoms with van der Waals surface area (Å²) in [6.45, 7) is 7.96. The third kappa shape index (κ3) is 4.35. The van der Waals surface area contributed by atoms with E-state index >= 15 is 0 Å². The number of benzene rings is 2. The highest BCUT2D eigenvalue weighted by atomic mass is 15.1. The number of nitriles is 2. The molecule has 0 bridgehead atoms. The predicted molar refractivity (Wildman–Crippen MR) is 96.3 cm³/mol. The van der Waals surface area contributed by atoms with Gasteiger partial charge in [-0.25, -0.2) is 0 Å². The quantitative estimate of drug-likeness (QED) is 0.841. The summed E-state index contributed by atoms with van der Waals surface area (Å²) in [6.07, 6.45) is 0. The van der Waals surface area contributed by atoms with E-state index in [-0.39, 0.29) is 0 Å². The lowest BCUT2D eigenvalue weighted by molar-refractivity contribution is 0.296. The zero-order valence-electron chi connectivity index (χ0n) is 14.2. The van der Waals surface area contributed by atoms with Crippen LogP contribution in [-0.4, -0.2) is 18.0 Å². The highest BCUT2D eigenvalue weighted by Gasteiger charge is 2.07. The van der Waals surface area contributed by atoms with E-state index in [1.54, 1.807) is 18.2 Å². The maximum atomic E-state index is 9.20. The minimum Gasteiger partial charge on any atom is -0.379 e. The Bertz CT molecular complexity index is 714. The molecule has 4 nitrogen and oxygen atoms in total. The molecule has 0 unspecified atom stereocenters. The van der Waals surface area contributed by atoms with Crippen LogP contribution in [0.5, 0.6) is 0 Å². The molecule has 0 amide bonds. The normalized spacial score (nSPS) is 10.2. The van der Waals surface area contributed by atoms with E-state index in [4.69, 9.17) is 0 Å². The van der Waals surface area contributed by atoms with Gasteiger partial charge in [0, 0.05) is 13.1 Å². The van der Waals surface area contributed by atoms with E-state index in [2.05, 4.69) is 60.5 Å². The summed E-state index contributed by atoms with van der Waals surface area (Å²) in [5, 5.41) is 21.6. The lowest BCUT2D eigenvalue weighted by Crippen LogP contribution is -2.22. The maximum absolute atomic E-state index is 9.20. The average molecular weight is 318 g/mol. The zero-order chi connectivity index (χ0) is 17.4. The SMILES string of the molecule is CCN(CC)Cc1ccc(CNc2c(C#N)cccc2C#N)cc1. The van der Waals surface area contributed by atoms with Crippen molar-refractivity contribution >= 4 is 5.69 Å².